The van der Waals surface area contributed by atoms with Gasteiger partial charge < -0.3 is 10.1 Å². The van der Waals surface area contributed by atoms with Crippen LogP contribution in [0.5, 0.6) is 5.75 Å². The fourth-order valence-corrected chi connectivity index (χ4v) is 3.85. The number of hydrogen-bond donors (Lipinski definition) is 1. The van der Waals surface area contributed by atoms with Gasteiger partial charge in [0.15, 0.2) is 0 Å². The van der Waals surface area contributed by atoms with Crippen LogP contribution in [0.3, 0.4) is 0 Å². The van der Waals surface area contributed by atoms with Gasteiger partial charge in [-0.2, -0.15) is 0 Å². The zero-order valence-electron chi connectivity index (χ0n) is 15.2. The minimum absolute atomic E-state index is 0.203. The zero-order chi connectivity index (χ0) is 18.0. The highest BCUT2D eigenvalue weighted by molar-refractivity contribution is 6.07. The molecule has 6 nitrogen and oxygen atoms in total. The maximum absolute atomic E-state index is 13.1. The van der Waals surface area contributed by atoms with Crippen molar-refractivity contribution >= 4 is 11.9 Å². The van der Waals surface area contributed by atoms with Crippen molar-refractivity contribution in [3.63, 3.8) is 0 Å². The first kappa shape index (κ1) is 17.7. The molecular formula is C19H27N3O3. The molecule has 0 aromatic heterocycles. The molecule has 0 bridgehead atoms. The van der Waals surface area contributed by atoms with Crippen LogP contribution in [0.2, 0.25) is 0 Å². The SMILES string of the molecule is CC[C@H]1CCCCN1CN1C(=O)N[C@](C)(c2cccc(OC)c2)C1=O. The smallest absolute Gasteiger partial charge is 0.326 e. The van der Waals surface area contributed by atoms with Crippen molar-refractivity contribution in [1.29, 1.82) is 0 Å². The average molecular weight is 345 g/mol. The molecule has 2 heterocycles. The topological polar surface area (TPSA) is 61.9 Å². The number of nitrogens with zero attached hydrogens (tertiary/aromatic N) is 2. The number of likely N-dealkylation sites (tertiary alicyclic amines) is 1. The van der Waals surface area contributed by atoms with Crippen molar-refractivity contribution in [3.8, 4) is 5.75 Å². The molecule has 2 atom stereocenters. The maximum atomic E-state index is 13.1. The minimum Gasteiger partial charge on any atom is -0.497 e. The second-order valence-electron chi connectivity index (χ2n) is 7.03. The number of methoxy groups -OCH3 is 1. The largest absolute Gasteiger partial charge is 0.497 e. The predicted octanol–water partition coefficient (Wildman–Crippen LogP) is 2.68. The van der Waals surface area contributed by atoms with Gasteiger partial charge in [0.05, 0.1) is 13.8 Å². The van der Waals surface area contributed by atoms with Gasteiger partial charge in [-0.25, -0.2) is 9.69 Å². The van der Waals surface area contributed by atoms with Crippen LogP contribution in [0, 0.1) is 0 Å². The summed E-state index contributed by atoms with van der Waals surface area (Å²) in [6.07, 6.45) is 4.51. The first-order valence-corrected chi connectivity index (χ1v) is 9.02. The molecule has 2 fully saturated rings. The van der Waals surface area contributed by atoms with Gasteiger partial charge in [-0.05, 0) is 43.9 Å². The number of rotatable bonds is 5. The molecular weight excluding hydrogens is 318 g/mol. The number of amides is 3. The number of ether oxygens (including phenoxy) is 1. The normalized spacial score (nSPS) is 27.5. The van der Waals surface area contributed by atoms with Crippen LogP contribution in [-0.4, -0.2) is 48.1 Å². The lowest BCUT2D eigenvalue weighted by molar-refractivity contribution is -0.133. The van der Waals surface area contributed by atoms with E-state index in [1.54, 1.807) is 20.1 Å². The summed E-state index contributed by atoms with van der Waals surface area (Å²) in [7, 11) is 1.59. The van der Waals surface area contributed by atoms with E-state index in [0.29, 0.717) is 18.5 Å². The van der Waals surface area contributed by atoms with Gasteiger partial charge in [0, 0.05) is 12.6 Å². The van der Waals surface area contributed by atoms with E-state index in [1.807, 2.05) is 18.2 Å². The second kappa shape index (κ2) is 7.04. The summed E-state index contributed by atoms with van der Waals surface area (Å²) in [5.41, 5.74) is -0.318. The molecule has 2 aliphatic heterocycles. The Morgan fingerprint density at radius 1 is 1.32 bits per heavy atom. The summed E-state index contributed by atoms with van der Waals surface area (Å²) in [6.45, 7) is 5.22. The Kier molecular flexibility index (Phi) is 4.99. The fourth-order valence-electron chi connectivity index (χ4n) is 3.85. The second-order valence-corrected chi connectivity index (χ2v) is 7.03. The lowest BCUT2D eigenvalue weighted by Crippen LogP contribution is -2.48. The molecule has 3 amide bonds. The van der Waals surface area contributed by atoms with Crippen molar-refractivity contribution in [1.82, 2.24) is 15.1 Å². The Balaban J connectivity index is 1.81. The Bertz CT molecular complexity index is 663. The van der Waals surface area contributed by atoms with E-state index in [9.17, 15) is 9.59 Å². The number of carbonyl (C=O) groups is 2. The highest BCUT2D eigenvalue weighted by Gasteiger charge is 2.49. The van der Waals surface area contributed by atoms with Gasteiger partial charge in [-0.3, -0.25) is 9.69 Å². The Morgan fingerprint density at radius 2 is 2.12 bits per heavy atom. The predicted molar refractivity (Wildman–Crippen MR) is 95.2 cm³/mol. The third kappa shape index (κ3) is 3.23. The third-order valence-electron chi connectivity index (χ3n) is 5.47. The lowest BCUT2D eigenvalue weighted by Gasteiger charge is -2.37. The number of nitrogens with one attached hydrogen (secondary N) is 1. The van der Waals surface area contributed by atoms with E-state index in [2.05, 4.69) is 17.1 Å². The lowest BCUT2D eigenvalue weighted by atomic mass is 9.92. The summed E-state index contributed by atoms with van der Waals surface area (Å²) in [6, 6.07) is 7.43. The molecule has 0 saturated carbocycles. The van der Waals surface area contributed by atoms with E-state index in [1.165, 1.54) is 11.3 Å². The van der Waals surface area contributed by atoms with Gasteiger partial charge in [0.25, 0.3) is 5.91 Å². The van der Waals surface area contributed by atoms with E-state index in [-0.39, 0.29) is 11.9 Å². The average Bonchev–Trinajstić information content (AvgIpc) is 2.86. The van der Waals surface area contributed by atoms with Crippen molar-refractivity contribution < 1.29 is 14.3 Å². The number of piperidine rings is 1. The van der Waals surface area contributed by atoms with Gasteiger partial charge in [0.1, 0.15) is 11.3 Å². The molecule has 0 radical (unpaired) electrons. The molecule has 0 aliphatic carbocycles. The van der Waals surface area contributed by atoms with Crippen LogP contribution in [0.15, 0.2) is 24.3 Å². The van der Waals surface area contributed by atoms with Crippen molar-refractivity contribution in [2.24, 2.45) is 0 Å². The van der Waals surface area contributed by atoms with Crippen LogP contribution in [0.1, 0.15) is 45.1 Å². The maximum Gasteiger partial charge on any atom is 0.326 e. The highest BCUT2D eigenvalue weighted by Crippen LogP contribution is 2.31. The fraction of sp³-hybridized carbons (Fsp3) is 0.579. The molecule has 25 heavy (non-hydrogen) atoms. The van der Waals surface area contributed by atoms with Crippen molar-refractivity contribution in [2.45, 2.75) is 51.1 Å². The van der Waals surface area contributed by atoms with Crippen LogP contribution < -0.4 is 10.1 Å². The Labute approximate surface area is 149 Å². The molecule has 1 aromatic carbocycles. The molecule has 1 N–H and O–H groups in total. The van der Waals surface area contributed by atoms with Crippen LogP contribution >= 0.6 is 0 Å². The number of urea groups is 1. The molecule has 0 unspecified atom stereocenters. The van der Waals surface area contributed by atoms with Gasteiger partial charge >= 0.3 is 6.03 Å². The van der Waals surface area contributed by atoms with Crippen LogP contribution in [-0.2, 0) is 10.3 Å². The number of hydrogen-bond acceptors (Lipinski definition) is 4. The molecule has 3 rings (SSSR count). The third-order valence-corrected chi connectivity index (χ3v) is 5.47. The van der Waals surface area contributed by atoms with Crippen molar-refractivity contribution in [3.05, 3.63) is 29.8 Å². The van der Waals surface area contributed by atoms with E-state index in [4.69, 9.17) is 4.74 Å². The number of carbonyl (C=O) groups excluding carboxylic acids is 2. The van der Waals surface area contributed by atoms with Gasteiger partial charge in [-0.15, -0.1) is 0 Å². The van der Waals surface area contributed by atoms with Crippen LogP contribution in [0.25, 0.3) is 0 Å². The quantitative estimate of drug-likeness (QED) is 0.834. The summed E-state index contributed by atoms with van der Waals surface area (Å²) in [4.78, 5) is 29.2. The highest BCUT2D eigenvalue weighted by atomic mass is 16.5. The van der Waals surface area contributed by atoms with Gasteiger partial charge in [0.2, 0.25) is 0 Å². The minimum atomic E-state index is -1.05. The molecule has 136 valence electrons. The molecule has 6 heteroatoms. The first-order valence-electron chi connectivity index (χ1n) is 9.02. The standard InChI is InChI=1S/C19H27N3O3/c1-4-15-9-5-6-11-21(15)13-22-17(23)19(2,20-18(22)24)14-8-7-10-16(12-14)25-3/h7-8,10,12,15H,4-6,9,11,13H2,1-3H3,(H,20,24)/t15-,19+/m0/s1. The number of imide groups is 1. The molecule has 1 aromatic rings. The zero-order valence-corrected chi connectivity index (χ0v) is 15.2. The summed E-state index contributed by atoms with van der Waals surface area (Å²) in [5, 5.41) is 2.88. The van der Waals surface area contributed by atoms with Gasteiger partial charge in [-0.1, -0.05) is 25.5 Å². The first-order chi connectivity index (χ1) is 12.0. The summed E-state index contributed by atoms with van der Waals surface area (Å²) < 4.78 is 5.25. The van der Waals surface area contributed by atoms with E-state index in [0.717, 1.165) is 31.4 Å². The molecule has 2 saturated heterocycles. The Hall–Kier alpha value is -2.08. The molecule has 0 spiro atoms. The van der Waals surface area contributed by atoms with Crippen molar-refractivity contribution in [2.75, 3.05) is 20.3 Å². The van der Waals surface area contributed by atoms with Crippen LogP contribution in [0.4, 0.5) is 4.79 Å². The van der Waals surface area contributed by atoms with E-state index >= 15 is 0 Å². The van der Waals surface area contributed by atoms with E-state index < -0.39 is 5.54 Å². The monoisotopic (exact) mass is 345 g/mol. The summed E-state index contributed by atoms with van der Waals surface area (Å²) in [5.74, 6) is 0.465. The number of benzene rings is 1. The Morgan fingerprint density at radius 3 is 2.84 bits per heavy atom. The summed E-state index contributed by atoms with van der Waals surface area (Å²) >= 11 is 0. The molecule has 2 aliphatic rings.